The Morgan fingerprint density at radius 2 is 1.52 bits per heavy atom. The molecule has 0 aromatic heterocycles. The minimum atomic E-state index is -2.13. The van der Waals surface area contributed by atoms with Crippen LogP contribution in [0.2, 0.25) is 0 Å². The molecule has 0 spiro atoms. The molecule has 0 amide bonds. The first-order valence-corrected chi connectivity index (χ1v) is 14.9. The first-order valence-electron chi connectivity index (χ1n) is 12.1. The zero-order valence-electron chi connectivity index (χ0n) is 19.1. The Balaban J connectivity index is 1.72. The summed E-state index contributed by atoms with van der Waals surface area (Å²) in [5, 5.41) is 1.39. The highest BCUT2D eigenvalue weighted by molar-refractivity contribution is 14.1. The number of allylic oxidation sites excluding steroid dienone is 2. The van der Waals surface area contributed by atoms with Crippen LogP contribution in [0, 0.1) is 3.57 Å². The number of morpholine rings is 2. The van der Waals surface area contributed by atoms with Gasteiger partial charge in [-0.2, -0.15) is 0 Å². The van der Waals surface area contributed by atoms with Crippen LogP contribution in [-0.2, 0) is 9.47 Å². The van der Waals surface area contributed by atoms with E-state index in [1.54, 1.807) is 0 Å². The van der Waals surface area contributed by atoms with E-state index in [2.05, 4.69) is 92.8 Å². The molecular formula is C26H33IN3O2P. The van der Waals surface area contributed by atoms with Gasteiger partial charge in [0.05, 0.1) is 45.0 Å². The number of hydrogen-bond donors (Lipinski definition) is 0. The second kappa shape index (κ2) is 11.0. The topological polar surface area (TPSA) is 37.3 Å². The van der Waals surface area contributed by atoms with Crippen molar-refractivity contribution in [2.45, 2.75) is 24.9 Å². The Kier molecular flexibility index (Phi) is 7.88. The van der Waals surface area contributed by atoms with Crippen molar-refractivity contribution in [3.8, 4) is 0 Å². The highest BCUT2D eigenvalue weighted by atomic mass is 127. The highest BCUT2D eigenvalue weighted by Crippen LogP contribution is 2.63. The van der Waals surface area contributed by atoms with Crippen molar-refractivity contribution in [3.63, 3.8) is 0 Å². The van der Waals surface area contributed by atoms with Crippen LogP contribution in [0.25, 0.3) is 0 Å². The second-order valence-electron chi connectivity index (χ2n) is 8.80. The fourth-order valence-electron chi connectivity index (χ4n) is 5.29. The molecule has 0 saturated carbocycles. The van der Waals surface area contributed by atoms with Gasteiger partial charge in [0, 0.05) is 40.8 Å². The van der Waals surface area contributed by atoms with E-state index >= 15 is 0 Å². The lowest BCUT2D eigenvalue weighted by Crippen LogP contribution is -2.45. The predicted molar refractivity (Wildman–Crippen MR) is 145 cm³/mol. The van der Waals surface area contributed by atoms with Crippen molar-refractivity contribution in [2.24, 2.45) is 4.74 Å². The summed E-state index contributed by atoms with van der Waals surface area (Å²) in [5.41, 5.74) is 2.98. The second-order valence-corrected chi connectivity index (χ2v) is 13.3. The zero-order valence-corrected chi connectivity index (χ0v) is 22.2. The molecule has 7 heteroatoms. The molecule has 176 valence electrons. The maximum atomic E-state index is 5.82. The number of hydrogen-bond acceptors (Lipinski definition) is 4. The van der Waals surface area contributed by atoms with Gasteiger partial charge in [0.1, 0.15) is 0 Å². The Bertz CT molecular complexity index is 1000. The number of ether oxygens (including phenoxy) is 2. The zero-order chi connectivity index (χ0) is 22.5. The van der Waals surface area contributed by atoms with Crippen LogP contribution < -0.4 is 5.30 Å². The summed E-state index contributed by atoms with van der Waals surface area (Å²) < 4.78 is 21.2. The van der Waals surface area contributed by atoms with Gasteiger partial charge >= 0.3 is 0 Å². The van der Waals surface area contributed by atoms with Crippen LogP contribution in [0.3, 0.4) is 0 Å². The van der Waals surface area contributed by atoms with Crippen molar-refractivity contribution < 1.29 is 9.47 Å². The van der Waals surface area contributed by atoms with Crippen LogP contribution in [0.1, 0.15) is 19.3 Å². The number of nitrogens with zero attached hydrogens (tertiary/aromatic N) is 3. The molecule has 2 fully saturated rings. The van der Waals surface area contributed by atoms with Crippen LogP contribution >= 0.6 is 29.8 Å². The average molecular weight is 577 g/mol. The SMILES string of the molecule is Ic1ccc(N=[P@@](c2ccccc2)([C@H]2CCCC=C2N2CCOCC2)N2CCOCC2)cc1. The monoisotopic (exact) mass is 577 g/mol. The first kappa shape index (κ1) is 23.6. The summed E-state index contributed by atoms with van der Waals surface area (Å²) in [6.45, 7) is 7.00. The Labute approximate surface area is 211 Å². The molecule has 2 aromatic rings. The van der Waals surface area contributed by atoms with Gasteiger partial charge in [-0.25, -0.2) is 4.74 Å². The minimum Gasteiger partial charge on any atom is -0.379 e. The van der Waals surface area contributed by atoms with Crippen molar-refractivity contribution >= 4 is 40.8 Å². The van der Waals surface area contributed by atoms with Gasteiger partial charge in [-0.3, -0.25) is 4.67 Å². The van der Waals surface area contributed by atoms with E-state index in [0.717, 1.165) is 64.7 Å². The van der Waals surface area contributed by atoms with Gasteiger partial charge in [-0.15, -0.1) is 0 Å². The third-order valence-corrected chi connectivity index (χ3v) is 11.8. The smallest absolute Gasteiger partial charge is 0.0756 e. The van der Waals surface area contributed by atoms with E-state index in [1.807, 2.05) is 0 Å². The molecule has 2 atom stereocenters. The normalized spacial score (nSPS) is 24.1. The van der Waals surface area contributed by atoms with Crippen molar-refractivity contribution in [3.05, 3.63) is 69.9 Å². The molecule has 2 aromatic carbocycles. The van der Waals surface area contributed by atoms with Crippen molar-refractivity contribution in [1.82, 2.24) is 9.57 Å². The Morgan fingerprint density at radius 1 is 0.848 bits per heavy atom. The van der Waals surface area contributed by atoms with Gasteiger partial charge in [0.25, 0.3) is 0 Å². The minimum absolute atomic E-state index is 0.393. The summed E-state index contributed by atoms with van der Waals surface area (Å²) in [7, 11) is -2.13. The molecule has 5 rings (SSSR count). The van der Waals surface area contributed by atoms with E-state index < -0.39 is 7.21 Å². The molecule has 3 aliphatic rings. The molecule has 1 aliphatic carbocycles. The van der Waals surface area contributed by atoms with E-state index in [9.17, 15) is 0 Å². The van der Waals surface area contributed by atoms with Crippen LogP contribution in [-0.4, -0.2) is 67.8 Å². The quantitative estimate of drug-likeness (QED) is 0.349. The predicted octanol–water partition coefficient (Wildman–Crippen LogP) is 5.47. The van der Waals surface area contributed by atoms with Gasteiger partial charge in [-0.1, -0.05) is 36.4 Å². The number of halogens is 1. The van der Waals surface area contributed by atoms with Gasteiger partial charge < -0.3 is 14.4 Å². The maximum absolute atomic E-state index is 5.82. The standard InChI is InChI=1S/C26H33IN3O2P/c27-22-10-12-23(13-11-22)28-33(24-6-2-1-3-7-24,30-16-20-32-21-17-30)26-9-5-4-8-25(26)29-14-18-31-19-15-29/h1-3,6-8,10-13,26H,4-5,9,14-21H2/t26-,33+/m0/s1. The molecule has 0 bridgehead atoms. The summed E-state index contributed by atoms with van der Waals surface area (Å²) >= 11 is 2.38. The molecule has 0 unspecified atom stereocenters. The number of benzene rings is 2. The average Bonchev–Trinajstić information content (AvgIpc) is 2.90. The van der Waals surface area contributed by atoms with Gasteiger partial charge in [0.2, 0.25) is 0 Å². The molecule has 5 nitrogen and oxygen atoms in total. The Hall–Kier alpha value is -1.18. The summed E-state index contributed by atoms with van der Waals surface area (Å²) in [5.74, 6) is 0. The maximum Gasteiger partial charge on any atom is 0.0756 e. The lowest BCUT2D eigenvalue weighted by atomic mass is 10.0. The van der Waals surface area contributed by atoms with E-state index in [4.69, 9.17) is 14.2 Å². The van der Waals surface area contributed by atoms with Gasteiger partial charge in [0.15, 0.2) is 0 Å². The number of rotatable bonds is 5. The fraction of sp³-hybridized carbons (Fsp3) is 0.462. The molecule has 2 heterocycles. The molecule has 0 N–H and O–H groups in total. The molecule has 2 saturated heterocycles. The summed E-state index contributed by atoms with van der Waals surface area (Å²) in [4.78, 5) is 2.59. The molecule has 33 heavy (non-hydrogen) atoms. The third kappa shape index (κ3) is 5.10. The van der Waals surface area contributed by atoms with Crippen LogP contribution in [0.15, 0.2) is 71.1 Å². The molecule has 2 aliphatic heterocycles. The van der Waals surface area contributed by atoms with Crippen LogP contribution in [0.5, 0.6) is 0 Å². The summed E-state index contributed by atoms with van der Waals surface area (Å²) in [6, 6.07) is 19.9. The van der Waals surface area contributed by atoms with E-state index in [0.29, 0.717) is 5.66 Å². The molecule has 0 radical (unpaired) electrons. The highest BCUT2D eigenvalue weighted by Gasteiger charge is 2.42. The van der Waals surface area contributed by atoms with Crippen molar-refractivity contribution in [2.75, 3.05) is 52.6 Å². The van der Waals surface area contributed by atoms with Crippen molar-refractivity contribution in [1.29, 1.82) is 0 Å². The molecular weight excluding hydrogens is 544 g/mol. The first-order chi connectivity index (χ1) is 16.3. The van der Waals surface area contributed by atoms with Crippen LogP contribution in [0.4, 0.5) is 5.69 Å². The van der Waals surface area contributed by atoms with Gasteiger partial charge in [-0.05, 0) is 66.1 Å². The third-order valence-electron chi connectivity index (χ3n) is 6.84. The van der Waals surface area contributed by atoms with E-state index in [-0.39, 0.29) is 0 Å². The summed E-state index contributed by atoms with van der Waals surface area (Å²) in [6.07, 6.45) is 6.07. The van der Waals surface area contributed by atoms with E-state index in [1.165, 1.54) is 27.4 Å². The fourth-order valence-corrected chi connectivity index (χ4v) is 10.2. The largest absolute Gasteiger partial charge is 0.379 e. The Morgan fingerprint density at radius 3 is 2.21 bits per heavy atom. The lowest BCUT2D eigenvalue weighted by molar-refractivity contribution is 0.0510. The lowest BCUT2D eigenvalue weighted by Gasteiger charge is -2.48.